The fraction of sp³-hybridized carbons (Fsp3) is 0.250. The molecule has 100 valence electrons. The average Bonchev–Trinajstić information content (AvgIpc) is 2.86. The Kier molecular flexibility index (Phi) is 3.74. The van der Waals surface area contributed by atoms with Crippen molar-refractivity contribution in [1.29, 1.82) is 0 Å². The highest BCUT2D eigenvalue weighted by Gasteiger charge is 2.14. The molecule has 0 radical (unpaired) electrons. The van der Waals surface area contributed by atoms with Gasteiger partial charge in [-0.3, -0.25) is 4.79 Å². The zero-order chi connectivity index (χ0) is 13.8. The second-order valence-corrected chi connectivity index (χ2v) is 4.05. The van der Waals surface area contributed by atoms with Gasteiger partial charge in [-0.25, -0.2) is 4.39 Å². The Morgan fingerprint density at radius 3 is 3.00 bits per heavy atom. The van der Waals surface area contributed by atoms with Gasteiger partial charge < -0.3 is 15.6 Å². The second kappa shape index (κ2) is 5.47. The summed E-state index contributed by atoms with van der Waals surface area (Å²) in [6.07, 6.45) is 1.61. The molecular formula is C12H13FN4O2. The van der Waals surface area contributed by atoms with Gasteiger partial charge in [-0.05, 0) is 24.6 Å². The van der Waals surface area contributed by atoms with Crippen LogP contribution in [0.5, 0.6) is 0 Å². The summed E-state index contributed by atoms with van der Waals surface area (Å²) in [4.78, 5) is 15.6. The number of hydrogen-bond donors (Lipinski definition) is 2. The Morgan fingerprint density at radius 2 is 2.32 bits per heavy atom. The van der Waals surface area contributed by atoms with Gasteiger partial charge in [0.15, 0.2) is 5.82 Å². The van der Waals surface area contributed by atoms with Gasteiger partial charge in [-0.15, -0.1) is 0 Å². The van der Waals surface area contributed by atoms with Gasteiger partial charge in [-0.2, -0.15) is 4.98 Å². The lowest BCUT2D eigenvalue weighted by Crippen LogP contribution is -2.27. The normalized spacial score (nSPS) is 10.4. The number of nitrogens with one attached hydrogen (secondary N) is 1. The van der Waals surface area contributed by atoms with E-state index < -0.39 is 11.7 Å². The molecular weight excluding hydrogens is 251 g/mol. The summed E-state index contributed by atoms with van der Waals surface area (Å²) in [5.41, 5.74) is 6.21. The van der Waals surface area contributed by atoms with Gasteiger partial charge in [-0.1, -0.05) is 5.16 Å². The number of amides is 1. The summed E-state index contributed by atoms with van der Waals surface area (Å²) in [5, 5.41) is 6.18. The number of anilines is 1. The van der Waals surface area contributed by atoms with E-state index in [4.69, 9.17) is 5.73 Å². The zero-order valence-electron chi connectivity index (χ0n) is 10.3. The molecule has 0 atom stereocenters. The van der Waals surface area contributed by atoms with E-state index in [-0.39, 0.29) is 12.1 Å². The number of aromatic nitrogens is 2. The quantitative estimate of drug-likeness (QED) is 0.805. The molecule has 19 heavy (non-hydrogen) atoms. The van der Waals surface area contributed by atoms with Crippen molar-refractivity contribution in [1.82, 2.24) is 15.5 Å². The van der Waals surface area contributed by atoms with Gasteiger partial charge in [0, 0.05) is 18.7 Å². The van der Waals surface area contributed by atoms with E-state index in [9.17, 15) is 9.18 Å². The maximum Gasteiger partial charge on any atom is 0.254 e. The van der Waals surface area contributed by atoms with Crippen LogP contribution in [0.3, 0.4) is 0 Å². The zero-order valence-corrected chi connectivity index (χ0v) is 10.3. The van der Waals surface area contributed by atoms with E-state index >= 15 is 0 Å². The predicted molar refractivity (Wildman–Crippen MR) is 65.9 cm³/mol. The number of benzene rings is 1. The molecule has 0 spiro atoms. The molecule has 2 aromatic rings. The van der Waals surface area contributed by atoms with Crippen LogP contribution in [0.25, 0.3) is 0 Å². The van der Waals surface area contributed by atoms with E-state index in [1.54, 1.807) is 6.92 Å². The summed E-state index contributed by atoms with van der Waals surface area (Å²) < 4.78 is 18.3. The Labute approximate surface area is 108 Å². The van der Waals surface area contributed by atoms with Gasteiger partial charge >= 0.3 is 0 Å². The van der Waals surface area contributed by atoms with Crippen LogP contribution >= 0.6 is 0 Å². The minimum absolute atomic E-state index is 0.0642. The smallest absolute Gasteiger partial charge is 0.254 e. The minimum Gasteiger partial charge on any atom is -0.399 e. The highest BCUT2D eigenvalue weighted by atomic mass is 19.1. The summed E-state index contributed by atoms with van der Waals surface area (Å²) in [6, 6.07) is 2.79. The molecule has 0 fully saturated rings. The Bertz CT molecular complexity index is 584. The Hall–Kier alpha value is -2.44. The van der Waals surface area contributed by atoms with Crippen LogP contribution in [-0.2, 0) is 6.42 Å². The lowest BCUT2D eigenvalue weighted by molar-refractivity contribution is 0.0949. The highest BCUT2D eigenvalue weighted by molar-refractivity contribution is 5.95. The lowest BCUT2D eigenvalue weighted by atomic mass is 10.1. The van der Waals surface area contributed by atoms with Crippen LogP contribution in [0.1, 0.15) is 21.7 Å². The number of aryl methyl sites for hydroxylation is 1. The first-order valence-electron chi connectivity index (χ1n) is 5.67. The molecule has 6 nitrogen and oxygen atoms in total. The van der Waals surface area contributed by atoms with Crippen molar-refractivity contribution in [2.24, 2.45) is 0 Å². The van der Waals surface area contributed by atoms with Crippen molar-refractivity contribution in [3.63, 3.8) is 0 Å². The van der Waals surface area contributed by atoms with Crippen molar-refractivity contribution in [3.05, 3.63) is 41.3 Å². The monoisotopic (exact) mass is 264 g/mol. The molecule has 0 aliphatic rings. The highest BCUT2D eigenvalue weighted by Crippen LogP contribution is 2.16. The van der Waals surface area contributed by atoms with E-state index in [0.29, 0.717) is 23.5 Å². The third-order valence-electron chi connectivity index (χ3n) is 2.56. The van der Waals surface area contributed by atoms with E-state index in [2.05, 4.69) is 20.0 Å². The number of carbonyl (C=O) groups excluding carboxylic acids is 1. The molecule has 1 amide bonds. The van der Waals surface area contributed by atoms with Crippen LogP contribution in [-0.4, -0.2) is 22.6 Å². The molecule has 0 bridgehead atoms. The molecule has 2 rings (SSSR count). The number of carbonyl (C=O) groups is 1. The number of nitrogens with zero attached hydrogens (tertiary/aromatic N) is 2. The topological polar surface area (TPSA) is 94.0 Å². The van der Waals surface area contributed by atoms with Gasteiger partial charge in [0.05, 0.1) is 5.56 Å². The summed E-state index contributed by atoms with van der Waals surface area (Å²) >= 11 is 0. The van der Waals surface area contributed by atoms with E-state index in [1.807, 2.05) is 0 Å². The minimum atomic E-state index is -0.564. The van der Waals surface area contributed by atoms with Crippen LogP contribution in [0.15, 0.2) is 23.0 Å². The first kappa shape index (κ1) is 13.0. The number of halogens is 1. The van der Waals surface area contributed by atoms with Crippen molar-refractivity contribution >= 4 is 11.6 Å². The maximum atomic E-state index is 13.8. The molecule has 1 heterocycles. The van der Waals surface area contributed by atoms with Gasteiger partial charge in [0.25, 0.3) is 5.91 Å². The predicted octanol–water partition coefficient (Wildman–Crippen LogP) is 1.07. The fourth-order valence-electron chi connectivity index (χ4n) is 1.65. The molecule has 0 saturated carbocycles. The second-order valence-electron chi connectivity index (χ2n) is 4.05. The first-order valence-corrected chi connectivity index (χ1v) is 5.67. The fourth-order valence-corrected chi connectivity index (χ4v) is 1.65. The van der Waals surface area contributed by atoms with Crippen molar-refractivity contribution < 1.29 is 13.7 Å². The number of hydrogen-bond acceptors (Lipinski definition) is 5. The summed E-state index contributed by atoms with van der Waals surface area (Å²) in [7, 11) is 0. The number of nitrogen functional groups attached to an aromatic ring is 1. The largest absolute Gasteiger partial charge is 0.399 e. The number of rotatable bonds is 4. The molecule has 0 saturated heterocycles. The summed E-state index contributed by atoms with van der Waals surface area (Å²) in [6.45, 7) is 1.84. The SMILES string of the molecule is Cc1cc(N)cc(C(=O)NCCc2ncon2)c1F. The van der Waals surface area contributed by atoms with Crippen molar-refractivity contribution in [2.75, 3.05) is 12.3 Å². The van der Waals surface area contributed by atoms with Gasteiger partial charge in [0.1, 0.15) is 5.82 Å². The standard InChI is InChI=1S/C12H13FN4O2/c1-7-4-8(14)5-9(11(7)13)12(18)15-3-2-10-16-6-19-17-10/h4-6H,2-3,14H2,1H3,(H,15,18). The van der Waals surface area contributed by atoms with Crippen LogP contribution in [0.4, 0.5) is 10.1 Å². The first-order chi connectivity index (χ1) is 9.08. The summed E-state index contributed by atoms with van der Waals surface area (Å²) in [5.74, 6) is -0.604. The van der Waals surface area contributed by atoms with Crippen LogP contribution in [0.2, 0.25) is 0 Å². The Balaban J connectivity index is 2.00. The van der Waals surface area contributed by atoms with Crippen molar-refractivity contribution in [2.45, 2.75) is 13.3 Å². The third-order valence-corrected chi connectivity index (χ3v) is 2.56. The van der Waals surface area contributed by atoms with Crippen LogP contribution in [0, 0.1) is 12.7 Å². The van der Waals surface area contributed by atoms with E-state index in [1.165, 1.54) is 18.5 Å². The van der Waals surface area contributed by atoms with E-state index in [0.717, 1.165) is 0 Å². The average molecular weight is 264 g/mol. The third kappa shape index (κ3) is 3.06. The molecule has 0 aliphatic carbocycles. The van der Waals surface area contributed by atoms with Crippen LogP contribution < -0.4 is 11.1 Å². The molecule has 1 aromatic carbocycles. The maximum absolute atomic E-state index is 13.8. The van der Waals surface area contributed by atoms with Crippen molar-refractivity contribution in [3.8, 4) is 0 Å². The molecule has 7 heteroatoms. The molecule has 0 aliphatic heterocycles. The Morgan fingerprint density at radius 1 is 1.53 bits per heavy atom. The lowest BCUT2D eigenvalue weighted by Gasteiger charge is -2.08. The molecule has 1 aromatic heterocycles. The molecule has 0 unspecified atom stereocenters. The molecule has 3 N–H and O–H groups in total. The number of nitrogens with two attached hydrogens (primary N) is 1. The van der Waals surface area contributed by atoms with Gasteiger partial charge in [0.2, 0.25) is 6.39 Å².